The highest BCUT2D eigenvalue weighted by Crippen LogP contribution is 2.18. The average molecular weight is 436 g/mol. The summed E-state index contributed by atoms with van der Waals surface area (Å²) in [4.78, 5) is 21.3. The molecule has 4 aromatic rings. The fourth-order valence-electron chi connectivity index (χ4n) is 3.50. The zero-order valence-corrected chi connectivity index (χ0v) is 17.2. The molecule has 1 amide bonds. The molecule has 0 bridgehead atoms. The van der Waals surface area contributed by atoms with E-state index in [1.807, 2.05) is 24.3 Å². The van der Waals surface area contributed by atoms with Gasteiger partial charge >= 0.3 is 0 Å². The monoisotopic (exact) mass is 436 g/mol. The molecule has 164 valence electrons. The molecule has 32 heavy (non-hydrogen) atoms. The van der Waals surface area contributed by atoms with E-state index in [1.54, 1.807) is 29.0 Å². The van der Waals surface area contributed by atoms with E-state index >= 15 is 0 Å². The summed E-state index contributed by atoms with van der Waals surface area (Å²) < 4.78 is 28.7. The Bertz CT molecular complexity index is 1230. The highest BCUT2D eigenvalue weighted by molar-refractivity contribution is 5.76. The van der Waals surface area contributed by atoms with Crippen molar-refractivity contribution in [1.29, 1.82) is 0 Å². The van der Waals surface area contributed by atoms with E-state index in [1.165, 1.54) is 6.07 Å². The first-order valence-electron chi connectivity index (χ1n) is 10.2. The number of aliphatic hydroxyl groups is 1. The molecule has 0 aliphatic heterocycles. The van der Waals surface area contributed by atoms with Crippen LogP contribution in [0.15, 0.2) is 66.9 Å². The number of fused-ring (bicyclic) bond motifs is 1. The Morgan fingerprint density at radius 1 is 1.06 bits per heavy atom. The number of hydrogen-bond donors (Lipinski definition) is 2. The first kappa shape index (κ1) is 21.6. The molecule has 0 aliphatic rings. The minimum atomic E-state index is -0.919. The number of carbonyl (C=O) groups is 1. The minimum absolute atomic E-state index is 0.107. The summed E-state index contributed by atoms with van der Waals surface area (Å²) in [6.07, 6.45) is 1.32. The first-order chi connectivity index (χ1) is 15.5. The molecule has 8 heteroatoms. The summed E-state index contributed by atoms with van der Waals surface area (Å²) in [6.45, 7) is 0.351. The smallest absolute Gasteiger partial charge is 0.220 e. The maximum atomic E-state index is 13.7. The molecule has 1 atom stereocenters. The molecule has 6 nitrogen and oxygen atoms in total. The van der Waals surface area contributed by atoms with Crippen LogP contribution >= 0.6 is 0 Å². The third-order valence-corrected chi connectivity index (χ3v) is 5.16. The fourth-order valence-corrected chi connectivity index (χ4v) is 3.50. The van der Waals surface area contributed by atoms with Gasteiger partial charge in [-0.1, -0.05) is 36.4 Å². The molecule has 2 N–H and O–H groups in total. The lowest BCUT2D eigenvalue weighted by molar-refractivity contribution is -0.121. The van der Waals surface area contributed by atoms with Crippen LogP contribution in [0.5, 0.6) is 0 Å². The summed E-state index contributed by atoms with van der Waals surface area (Å²) in [5.74, 6) is -1.43. The molecule has 0 unspecified atom stereocenters. The van der Waals surface area contributed by atoms with Gasteiger partial charge in [-0.15, -0.1) is 0 Å². The first-order valence-corrected chi connectivity index (χ1v) is 10.2. The van der Waals surface area contributed by atoms with Crippen molar-refractivity contribution in [3.8, 4) is 0 Å². The molecule has 0 radical (unpaired) electrons. The van der Waals surface area contributed by atoms with Gasteiger partial charge in [-0.2, -0.15) is 0 Å². The van der Waals surface area contributed by atoms with Crippen LogP contribution in [0.2, 0.25) is 0 Å². The van der Waals surface area contributed by atoms with Crippen molar-refractivity contribution in [2.45, 2.75) is 25.5 Å². The number of imidazole rings is 1. The Balaban J connectivity index is 1.45. The van der Waals surface area contributed by atoms with Crippen LogP contribution < -0.4 is 5.32 Å². The topological polar surface area (TPSA) is 80.0 Å². The van der Waals surface area contributed by atoms with E-state index in [0.717, 1.165) is 17.7 Å². The molecular weight excluding hydrogens is 414 g/mol. The summed E-state index contributed by atoms with van der Waals surface area (Å²) in [7, 11) is 0. The van der Waals surface area contributed by atoms with Crippen molar-refractivity contribution in [2.24, 2.45) is 0 Å². The number of halogens is 2. The van der Waals surface area contributed by atoms with Gasteiger partial charge in [0.25, 0.3) is 0 Å². The van der Waals surface area contributed by atoms with Gasteiger partial charge in [0.2, 0.25) is 5.91 Å². The van der Waals surface area contributed by atoms with Gasteiger partial charge in [-0.3, -0.25) is 4.79 Å². The lowest BCUT2D eigenvalue weighted by Gasteiger charge is -2.12. The van der Waals surface area contributed by atoms with E-state index in [2.05, 4.69) is 15.3 Å². The molecule has 4 rings (SSSR count). The van der Waals surface area contributed by atoms with Crippen LogP contribution in [0.1, 0.15) is 29.5 Å². The van der Waals surface area contributed by atoms with Crippen molar-refractivity contribution in [2.75, 3.05) is 6.54 Å². The van der Waals surface area contributed by atoms with Gasteiger partial charge in [0.1, 0.15) is 11.3 Å². The van der Waals surface area contributed by atoms with Crippen LogP contribution in [0.3, 0.4) is 0 Å². The van der Waals surface area contributed by atoms with Crippen molar-refractivity contribution in [3.05, 3.63) is 95.4 Å². The van der Waals surface area contributed by atoms with Gasteiger partial charge in [-0.25, -0.2) is 18.7 Å². The Morgan fingerprint density at radius 2 is 1.88 bits per heavy atom. The second-order valence-corrected chi connectivity index (χ2v) is 7.44. The predicted molar refractivity (Wildman–Crippen MR) is 116 cm³/mol. The lowest BCUT2D eigenvalue weighted by Crippen LogP contribution is -2.28. The van der Waals surface area contributed by atoms with E-state index in [4.69, 9.17) is 0 Å². The average Bonchev–Trinajstić information content (AvgIpc) is 3.16. The van der Waals surface area contributed by atoms with Crippen LogP contribution in [0, 0.1) is 11.6 Å². The summed E-state index contributed by atoms with van der Waals surface area (Å²) in [5, 5.41) is 12.9. The zero-order valence-electron chi connectivity index (χ0n) is 17.2. The van der Waals surface area contributed by atoms with Gasteiger partial charge in [0.05, 0.1) is 12.6 Å². The summed E-state index contributed by atoms with van der Waals surface area (Å²) in [6, 6.07) is 16.4. The normalized spacial score (nSPS) is 12.1. The summed E-state index contributed by atoms with van der Waals surface area (Å²) in [5.41, 5.74) is 2.55. The van der Waals surface area contributed by atoms with E-state index < -0.39 is 17.7 Å². The SMILES string of the molecule is O=C(CCc1nc2cccnc2n1Cc1ccc(F)c(F)c1)NC[C@H](O)c1ccccc1. The fraction of sp³-hybridized carbons (Fsp3) is 0.208. The van der Waals surface area contributed by atoms with Crippen LogP contribution in [-0.2, 0) is 17.8 Å². The minimum Gasteiger partial charge on any atom is -0.387 e. The molecule has 2 aromatic heterocycles. The van der Waals surface area contributed by atoms with Crippen molar-refractivity contribution in [3.63, 3.8) is 0 Å². The molecule has 0 saturated carbocycles. The van der Waals surface area contributed by atoms with E-state index in [-0.39, 0.29) is 25.4 Å². The molecule has 0 spiro atoms. The number of hydrogen-bond acceptors (Lipinski definition) is 4. The molecular formula is C24H22F2N4O2. The third kappa shape index (κ3) is 4.97. The second kappa shape index (κ2) is 9.65. The number of amides is 1. The maximum absolute atomic E-state index is 13.7. The Hall–Kier alpha value is -3.65. The highest BCUT2D eigenvalue weighted by atomic mass is 19.2. The van der Waals surface area contributed by atoms with E-state index in [0.29, 0.717) is 29.0 Å². The molecule has 2 aromatic carbocycles. The number of rotatable bonds is 8. The predicted octanol–water partition coefficient (Wildman–Crippen LogP) is 3.54. The lowest BCUT2D eigenvalue weighted by atomic mass is 10.1. The van der Waals surface area contributed by atoms with Gasteiger partial charge in [0.15, 0.2) is 17.3 Å². The number of carbonyl (C=O) groups excluding carboxylic acids is 1. The van der Waals surface area contributed by atoms with Crippen LogP contribution in [0.25, 0.3) is 11.2 Å². The van der Waals surface area contributed by atoms with Crippen LogP contribution in [-0.4, -0.2) is 32.1 Å². The van der Waals surface area contributed by atoms with Gasteiger partial charge in [0, 0.05) is 25.6 Å². The quantitative estimate of drug-likeness (QED) is 0.443. The number of aromatic nitrogens is 3. The molecule has 0 fully saturated rings. The Morgan fingerprint density at radius 3 is 2.66 bits per heavy atom. The maximum Gasteiger partial charge on any atom is 0.220 e. The molecule has 0 saturated heterocycles. The number of aliphatic hydroxyl groups excluding tert-OH is 1. The molecule has 0 aliphatic carbocycles. The van der Waals surface area contributed by atoms with E-state index in [9.17, 15) is 18.7 Å². The van der Waals surface area contributed by atoms with Gasteiger partial charge < -0.3 is 15.0 Å². The standard InChI is InChI=1S/C24H22F2N4O2/c25-18-9-8-16(13-19(18)26)15-30-22(29-20-7-4-12-27-24(20)30)10-11-23(32)28-14-21(31)17-5-2-1-3-6-17/h1-9,12-13,21,31H,10-11,14-15H2,(H,28,32)/t21-/m0/s1. The largest absolute Gasteiger partial charge is 0.387 e. The van der Waals surface area contributed by atoms with Crippen molar-refractivity contribution < 1.29 is 18.7 Å². The van der Waals surface area contributed by atoms with Gasteiger partial charge in [-0.05, 0) is 35.4 Å². The Kier molecular flexibility index (Phi) is 6.51. The van der Waals surface area contributed by atoms with Crippen LogP contribution in [0.4, 0.5) is 8.78 Å². The number of nitrogens with one attached hydrogen (secondary N) is 1. The number of pyridine rings is 1. The molecule has 2 heterocycles. The number of aryl methyl sites for hydroxylation is 1. The summed E-state index contributed by atoms with van der Waals surface area (Å²) >= 11 is 0. The second-order valence-electron chi connectivity index (χ2n) is 7.44. The number of nitrogens with zero attached hydrogens (tertiary/aromatic N) is 3. The van der Waals surface area contributed by atoms with Crippen molar-refractivity contribution >= 4 is 17.1 Å². The Labute approximate surface area is 183 Å². The highest BCUT2D eigenvalue weighted by Gasteiger charge is 2.15. The third-order valence-electron chi connectivity index (χ3n) is 5.16. The number of benzene rings is 2. The zero-order chi connectivity index (χ0) is 22.5. The van der Waals surface area contributed by atoms with Crippen molar-refractivity contribution in [1.82, 2.24) is 19.9 Å².